The van der Waals surface area contributed by atoms with Crippen LogP contribution in [0.15, 0.2) is 41.1 Å². The first-order chi connectivity index (χ1) is 9.22. The van der Waals surface area contributed by atoms with Crippen molar-refractivity contribution < 1.29 is 0 Å². The molecule has 0 aliphatic rings. The molecule has 2 aromatic heterocycles. The van der Waals surface area contributed by atoms with E-state index in [0.29, 0.717) is 5.88 Å². The number of imidazole rings is 1. The van der Waals surface area contributed by atoms with E-state index in [1.54, 1.807) is 12.4 Å². The highest BCUT2D eigenvalue weighted by Gasteiger charge is 2.14. The van der Waals surface area contributed by atoms with E-state index in [2.05, 4.69) is 49.5 Å². The van der Waals surface area contributed by atoms with E-state index < -0.39 is 0 Å². The van der Waals surface area contributed by atoms with Crippen LogP contribution in [-0.4, -0.2) is 14.5 Å². The van der Waals surface area contributed by atoms with Gasteiger partial charge in [0.25, 0.3) is 0 Å². The van der Waals surface area contributed by atoms with Crippen LogP contribution in [0.2, 0.25) is 0 Å². The lowest BCUT2D eigenvalue weighted by atomic mass is 10.2. The summed E-state index contributed by atoms with van der Waals surface area (Å²) in [5, 5.41) is 0. The van der Waals surface area contributed by atoms with Crippen LogP contribution in [0.5, 0.6) is 0 Å². The molecule has 3 nitrogen and oxygen atoms in total. The van der Waals surface area contributed by atoms with Gasteiger partial charge in [-0.2, -0.15) is 0 Å². The first-order valence-corrected chi connectivity index (χ1v) is 7.18. The Labute approximate surface area is 124 Å². The van der Waals surface area contributed by atoms with Gasteiger partial charge in [-0.05, 0) is 40.5 Å². The Morgan fingerprint density at radius 1 is 1.32 bits per heavy atom. The summed E-state index contributed by atoms with van der Waals surface area (Å²) in [6.07, 6.45) is 3.52. The molecule has 19 heavy (non-hydrogen) atoms. The molecule has 0 aliphatic heterocycles. The Hall–Kier alpha value is -1.39. The molecule has 0 saturated heterocycles. The lowest BCUT2D eigenvalue weighted by molar-refractivity contribution is 0.974. The average Bonchev–Trinajstić information content (AvgIpc) is 2.80. The summed E-state index contributed by atoms with van der Waals surface area (Å²) in [4.78, 5) is 8.63. The summed E-state index contributed by atoms with van der Waals surface area (Å²) in [6, 6.07) is 8.09. The second-order valence-corrected chi connectivity index (χ2v) is 5.33. The minimum Gasteiger partial charge on any atom is -0.294 e. The van der Waals surface area contributed by atoms with Gasteiger partial charge in [0.15, 0.2) is 0 Å². The van der Waals surface area contributed by atoms with Gasteiger partial charge in [0, 0.05) is 10.7 Å². The van der Waals surface area contributed by atoms with Gasteiger partial charge >= 0.3 is 0 Å². The van der Waals surface area contributed by atoms with Crippen molar-refractivity contribution >= 4 is 38.6 Å². The third kappa shape index (κ3) is 2.05. The van der Waals surface area contributed by atoms with Gasteiger partial charge in [-0.3, -0.25) is 9.55 Å². The topological polar surface area (TPSA) is 30.7 Å². The molecule has 0 saturated carbocycles. The predicted octanol–water partition coefficient (Wildman–Crippen LogP) is 4.23. The summed E-state index contributed by atoms with van der Waals surface area (Å²) < 4.78 is 3.12. The van der Waals surface area contributed by atoms with Gasteiger partial charge in [-0.1, -0.05) is 12.1 Å². The monoisotopic (exact) mass is 335 g/mol. The SMILES string of the molecule is Cc1cccc(-n2c(CCl)nc3cnccc32)c1Br. The molecule has 0 radical (unpaired) electrons. The summed E-state index contributed by atoms with van der Waals surface area (Å²) in [5.74, 6) is 1.17. The highest BCUT2D eigenvalue weighted by molar-refractivity contribution is 9.10. The fourth-order valence-corrected chi connectivity index (χ4v) is 2.77. The van der Waals surface area contributed by atoms with Crippen molar-refractivity contribution in [3.05, 3.63) is 52.5 Å². The number of hydrogen-bond acceptors (Lipinski definition) is 2. The molecule has 5 heteroatoms. The molecule has 1 aromatic carbocycles. The van der Waals surface area contributed by atoms with Gasteiger partial charge < -0.3 is 0 Å². The van der Waals surface area contributed by atoms with Crippen LogP contribution in [0.3, 0.4) is 0 Å². The van der Waals surface area contributed by atoms with Crippen LogP contribution in [0.1, 0.15) is 11.4 Å². The molecule has 0 N–H and O–H groups in total. The predicted molar refractivity (Wildman–Crippen MR) is 80.9 cm³/mol. The Bertz CT molecular complexity index is 752. The summed E-state index contributed by atoms with van der Waals surface area (Å²) >= 11 is 9.67. The number of pyridine rings is 1. The third-order valence-corrected chi connectivity index (χ3v) is 4.33. The molecule has 0 unspecified atom stereocenters. The van der Waals surface area contributed by atoms with Gasteiger partial charge in [-0.15, -0.1) is 11.6 Å². The first kappa shape index (κ1) is 12.6. The minimum atomic E-state index is 0.356. The zero-order valence-corrected chi connectivity index (χ0v) is 12.6. The number of halogens is 2. The molecular formula is C14H11BrClN3. The number of fused-ring (bicyclic) bond motifs is 1. The van der Waals surface area contributed by atoms with Crippen molar-refractivity contribution in [2.45, 2.75) is 12.8 Å². The van der Waals surface area contributed by atoms with Crippen molar-refractivity contribution in [1.29, 1.82) is 0 Å². The molecule has 3 rings (SSSR count). The van der Waals surface area contributed by atoms with Crippen LogP contribution in [0, 0.1) is 6.92 Å². The highest BCUT2D eigenvalue weighted by Crippen LogP contribution is 2.29. The molecule has 0 spiro atoms. The molecule has 0 atom stereocenters. The molecule has 0 amide bonds. The van der Waals surface area contributed by atoms with Crippen molar-refractivity contribution in [2.75, 3.05) is 0 Å². The van der Waals surface area contributed by atoms with Crippen LogP contribution in [0.4, 0.5) is 0 Å². The lowest BCUT2D eigenvalue weighted by Gasteiger charge is -2.11. The molecule has 0 bridgehead atoms. The number of aryl methyl sites for hydroxylation is 1. The van der Waals surface area contributed by atoms with Crippen LogP contribution in [-0.2, 0) is 5.88 Å². The van der Waals surface area contributed by atoms with Crippen molar-refractivity contribution in [1.82, 2.24) is 14.5 Å². The number of rotatable bonds is 2. The van der Waals surface area contributed by atoms with E-state index in [9.17, 15) is 0 Å². The van der Waals surface area contributed by atoms with Gasteiger partial charge in [0.1, 0.15) is 11.3 Å². The van der Waals surface area contributed by atoms with E-state index in [1.165, 1.54) is 5.56 Å². The Morgan fingerprint density at radius 2 is 2.16 bits per heavy atom. The Morgan fingerprint density at radius 3 is 2.95 bits per heavy atom. The van der Waals surface area contributed by atoms with E-state index >= 15 is 0 Å². The number of hydrogen-bond donors (Lipinski definition) is 0. The lowest BCUT2D eigenvalue weighted by Crippen LogP contribution is -2.01. The smallest absolute Gasteiger partial charge is 0.129 e. The Kier molecular flexibility index (Phi) is 3.29. The molecule has 96 valence electrons. The molecule has 0 aliphatic carbocycles. The number of nitrogens with zero attached hydrogens (tertiary/aromatic N) is 3. The second kappa shape index (κ2) is 4.94. The van der Waals surface area contributed by atoms with Gasteiger partial charge in [0.05, 0.1) is 23.3 Å². The molecule has 2 heterocycles. The summed E-state index contributed by atoms with van der Waals surface area (Å²) in [7, 11) is 0. The van der Waals surface area contributed by atoms with Crippen LogP contribution in [0.25, 0.3) is 16.7 Å². The van der Waals surface area contributed by atoms with E-state index in [4.69, 9.17) is 11.6 Å². The third-order valence-electron chi connectivity index (χ3n) is 3.06. The van der Waals surface area contributed by atoms with E-state index in [0.717, 1.165) is 27.0 Å². The van der Waals surface area contributed by atoms with Crippen LogP contribution < -0.4 is 0 Å². The van der Waals surface area contributed by atoms with Crippen molar-refractivity contribution in [3.63, 3.8) is 0 Å². The highest BCUT2D eigenvalue weighted by atomic mass is 79.9. The molecular weight excluding hydrogens is 326 g/mol. The van der Waals surface area contributed by atoms with E-state index in [1.807, 2.05) is 12.1 Å². The van der Waals surface area contributed by atoms with Crippen molar-refractivity contribution in [2.24, 2.45) is 0 Å². The fourth-order valence-electron chi connectivity index (χ4n) is 2.15. The maximum absolute atomic E-state index is 6.03. The molecule has 3 aromatic rings. The Balaban J connectivity index is 2.38. The van der Waals surface area contributed by atoms with E-state index in [-0.39, 0.29) is 0 Å². The minimum absolute atomic E-state index is 0.356. The fraction of sp³-hybridized carbons (Fsp3) is 0.143. The maximum atomic E-state index is 6.03. The number of benzene rings is 1. The maximum Gasteiger partial charge on any atom is 0.129 e. The largest absolute Gasteiger partial charge is 0.294 e. The number of alkyl halides is 1. The van der Waals surface area contributed by atoms with Gasteiger partial charge in [-0.25, -0.2) is 4.98 Å². The zero-order valence-electron chi connectivity index (χ0n) is 10.3. The van der Waals surface area contributed by atoms with Crippen molar-refractivity contribution in [3.8, 4) is 5.69 Å². The van der Waals surface area contributed by atoms with Gasteiger partial charge in [0.2, 0.25) is 0 Å². The average molecular weight is 337 g/mol. The first-order valence-electron chi connectivity index (χ1n) is 5.85. The second-order valence-electron chi connectivity index (χ2n) is 4.27. The molecule has 0 fully saturated rings. The number of aromatic nitrogens is 3. The summed E-state index contributed by atoms with van der Waals surface area (Å²) in [5.41, 5.74) is 4.08. The quantitative estimate of drug-likeness (QED) is 0.656. The standard InChI is InChI=1S/C14H11BrClN3/c1-9-3-2-4-12(14(9)15)19-11-5-6-17-8-10(11)18-13(19)7-16/h2-6,8H,7H2,1H3. The summed E-state index contributed by atoms with van der Waals surface area (Å²) in [6.45, 7) is 2.06. The normalized spacial score (nSPS) is 11.1. The zero-order chi connectivity index (χ0) is 13.4. The van der Waals surface area contributed by atoms with Crippen LogP contribution >= 0.6 is 27.5 Å².